The molecule has 0 saturated heterocycles. The zero-order valence-corrected chi connectivity index (χ0v) is 17.4. The molecule has 1 aromatic heterocycles. The third-order valence-electron chi connectivity index (χ3n) is 5.18. The van der Waals surface area contributed by atoms with Gasteiger partial charge in [-0.25, -0.2) is 4.68 Å². The van der Waals surface area contributed by atoms with Gasteiger partial charge in [-0.05, 0) is 61.9 Å². The van der Waals surface area contributed by atoms with Crippen LogP contribution in [0.3, 0.4) is 0 Å². The monoisotopic (exact) mass is 415 g/mol. The summed E-state index contributed by atoms with van der Waals surface area (Å²) in [5.41, 5.74) is 4.50. The number of hydrogen-bond donors (Lipinski definition) is 1. The molecule has 1 N–H and O–H groups in total. The number of halogens is 2. The molecule has 0 aliphatic carbocycles. The lowest BCUT2D eigenvalue weighted by atomic mass is 10.0. The van der Waals surface area contributed by atoms with Crippen molar-refractivity contribution in [2.24, 2.45) is 0 Å². The summed E-state index contributed by atoms with van der Waals surface area (Å²) >= 11 is 12.7. The van der Waals surface area contributed by atoms with Gasteiger partial charge in [0.25, 0.3) is 0 Å². The topological polar surface area (TPSA) is 39.1 Å². The number of methoxy groups -OCH3 is 1. The number of rotatable bonds is 5. The van der Waals surface area contributed by atoms with E-state index >= 15 is 0 Å². The summed E-state index contributed by atoms with van der Waals surface area (Å²) in [4.78, 5) is 0. The van der Waals surface area contributed by atoms with E-state index in [4.69, 9.17) is 33.0 Å². The molecule has 0 spiro atoms. The van der Waals surface area contributed by atoms with E-state index in [0.29, 0.717) is 10.0 Å². The standard InChI is InChI=1S/C22H23Cl2N3O/c1-28-16-11-8-15(9-12-16)10-13-19-17-5-2-3-14-25-22(17)27(26-19)20-7-4-6-18(23)21(20)24/h4,6-9,11-12,25H,2-3,5,10,13-14H2,1H3. The van der Waals surface area contributed by atoms with Crippen molar-refractivity contribution in [3.8, 4) is 11.4 Å². The summed E-state index contributed by atoms with van der Waals surface area (Å²) in [6, 6.07) is 13.9. The lowest BCUT2D eigenvalue weighted by Crippen LogP contribution is -2.07. The molecule has 0 unspecified atom stereocenters. The summed E-state index contributed by atoms with van der Waals surface area (Å²) < 4.78 is 7.17. The Morgan fingerprint density at radius 1 is 1.07 bits per heavy atom. The van der Waals surface area contributed by atoms with Crippen LogP contribution in [0.5, 0.6) is 5.75 Å². The van der Waals surface area contributed by atoms with Gasteiger partial charge in [0.1, 0.15) is 11.6 Å². The predicted octanol–water partition coefficient (Wildman–Crippen LogP) is 5.72. The molecule has 4 nitrogen and oxygen atoms in total. The Hall–Kier alpha value is -2.17. The Bertz CT molecular complexity index is 967. The van der Waals surface area contributed by atoms with Gasteiger partial charge in [-0.1, -0.05) is 41.4 Å². The lowest BCUT2D eigenvalue weighted by Gasteiger charge is -2.11. The van der Waals surface area contributed by atoms with Gasteiger partial charge in [0.15, 0.2) is 0 Å². The number of hydrogen-bond acceptors (Lipinski definition) is 3. The summed E-state index contributed by atoms with van der Waals surface area (Å²) in [6.07, 6.45) is 5.14. The maximum atomic E-state index is 6.49. The van der Waals surface area contributed by atoms with Gasteiger partial charge >= 0.3 is 0 Å². The van der Waals surface area contributed by atoms with Crippen LogP contribution in [-0.4, -0.2) is 23.4 Å². The maximum absolute atomic E-state index is 6.49. The van der Waals surface area contributed by atoms with Crippen molar-refractivity contribution in [2.45, 2.75) is 32.1 Å². The molecule has 0 fully saturated rings. The lowest BCUT2D eigenvalue weighted by molar-refractivity contribution is 0.414. The fourth-order valence-corrected chi connectivity index (χ4v) is 4.04. The average Bonchev–Trinajstić information content (AvgIpc) is 2.89. The number of aryl methyl sites for hydroxylation is 2. The van der Waals surface area contributed by atoms with Gasteiger partial charge < -0.3 is 10.1 Å². The van der Waals surface area contributed by atoms with E-state index in [1.54, 1.807) is 13.2 Å². The number of nitrogens with zero attached hydrogens (tertiary/aromatic N) is 2. The molecular formula is C22H23Cl2N3O. The minimum Gasteiger partial charge on any atom is -0.497 e. The summed E-state index contributed by atoms with van der Waals surface area (Å²) in [5.74, 6) is 1.92. The van der Waals surface area contributed by atoms with Crippen molar-refractivity contribution >= 4 is 29.0 Å². The maximum Gasteiger partial charge on any atom is 0.133 e. The zero-order chi connectivity index (χ0) is 19.5. The number of fused-ring (bicyclic) bond motifs is 1. The third-order valence-corrected chi connectivity index (χ3v) is 5.99. The molecule has 6 heteroatoms. The van der Waals surface area contributed by atoms with Crippen LogP contribution in [0.25, 0.3) is 5.69 Å². The second kappa shape index (κ2) is 8.46. The fraction of sp³-hybridized carbons (Fsp3) is 0.318. The highest BCUT2D eigenvalue weighted by molar-refractivity contribution is 6.43. The molecule has 0 atom stereocenters. The van der Waals surface area contributed by atoms with Crippen LogP contribution in [-0.2, 0) is 19.3 Å². The van der Waals surface area contributed by atoms with Crippen molar-refractivity contribution in [1.82, 2.24) is 9.78 Å². The molecule has 0 saturated carbocycles. The minimum absolute atomic E-state index is 0.530. The van der Waals surface area contributed by atoms with Crippen molar-refractivity contribution in [1.29, 1.82) is 0 Å². The van der Waals surface area contributed by atoms with Crippen molar-refractivity contribution in [3.05, 3.63) is 69.3 Å². The van der Waals surface area contributed by atoms with Crippen LogP contribution in [0, 0.1) is 0 Å². The van der Waals surface area contributed by atoms with Crippen molar-refractivity contribution in [3.63, 3.8) is 0 Å². The first kappa shape index (κ1) is 19.2. The number of aromatic nitrogens is 2. The largest absolute Gasteiger partial charge is 0.497 e. The quantitative estimate of drug-likeness (QED) is 0.578. The first-order valence-electron chi connectivity index (χ1n) is 9.59. The molecule has 2 aromatic carbocycles. The van der Waals surface area contributed by atoms with Crippen LogP contribution < -0.4 is 10.1 Å². The van der Waals surface area contributed by atoms with Gasteiger partial charge in [0.2, 0.25) is 0 Å². The molecular weight excluding hydrogens is 393 g/mol. The van der Waals surface area contributed by atoms with E-state index in [2.05, 4.69) is 17.4 Å². The van der Waals surface area contributed by atoms with Crippen LogP contribution in [0.15, 0.2) is 42.5 Å². The second-order valence-electron chi connectivity index (χ2n) is 6.99. The molecule has 3 aromatic rings. The van der Waals surface area contributed by atoms with Gasteiger partial charge in [0.05, 0.1) is 28.5 Å². The average molecular weight is 416 g/mol. The summed E-state index contributed by atoms with van der Waals surface area (Å²) in [5, 5.41) is 9.56. The summed E-state index contributed by atoms with van der Waals surface area (Å²) in [7, 11) is 1.69. The van der Waals surface area contributed by atoms with Crippen LogP contribution in [0.1, 0.15) is 29.7 Å². The SMILES string of the molecule is COc1ccc(CCc2nn(-c3cccc(Cl)c3Cl)c3c2CCCCN3)cc1. The number of anilines is 1. The Kier molecular flexibility index (Phi) is 5.79. The Labute approximate surface area is 175 Å². The minimum atomic E-state index is 0.530. The van der Waals surface area contributed by atoms with E-state index in [1.807, 2.05) is 28.9 Å². The molecule has 1 aliphatic rings. The highest BCUT2D eigenvalue weighted by Crippen LogP contribution is 2.34. The number of nitrogens with one attached hydrogen (secondary N) is 1. The number of benzene rings is 2. The summed E-state index contributed by atoms with van der Waals surface area (Å²) in [6.45, 7) is 0.939. The highest BCUT2D eigenvalue weighted by atomic mass is 35.5. The predicted molar refractivity (Wildman–Crippen MR) is 115 cm³/mol. The molecule has 0 radical (unpaired) electrons. The molecule has 2 heterocycles. The highest BCUT2D eigenvalue weighted by Gasteiger charge is 2.22. The van der Waals surface area contributed by atoms with Crippen molar-refractivity contribution in [2.75, 3.05) is 19.0 Å². The van der Waals surface area contributed by atoms with Crippen LogP contribution >= 0.6 is 23.2 Å². The van der Waals surface area contributed by atoms with E-state index in [9.17, 15) is 0 Å². The zero-order valence-electron chi connectivity index (χ0n) is 15.8. The fourth-order valence-electron chi connectivity index (χ4n) is 3.66. The molecule has 0 amide bonds. The molecule has 146 valence electrons. The van der Waals surface area contributed by atoms with Gasteiger partial charge in [-0.15, -0.1) is 0 Å². The molecule has 28 heavy (non-hydrogen) atoms. The molecule has 0 bridgehead atoms. The second-order valence-corrected chi connectivity index (χ2v) is 7.78. The van der Waals surface area contributed by atoms with Crippen molar-refractivity contribution < 1.29 is 4.74 Å². The first-order chi connectivity index (χ1) is 13.7. The van der Waals surface area contributed by atoms with E-state index in [1.165, 1.54) is 11.1 Å². The molecule has 1 aliphatic heterocycles. The van der Waals surface area contributed by atoms with Gasteiger partial charge in [-0.3, -0.25) is 0 Å². The Morgan fingerprint density at radius 3 is 2.68 bits per heavy atom. The van der Waals surface area contributed by atoms with Crippen LogP contribution in [0.4, 0.5) is 5.82 Å². The Morgan fingerprint density at radius 2 is 1.89 bits per heavy atom. The normalized spacial score (nSPS) is 13.5. The number of ether oxygens (including phenoxy) is 1. The van der Waals surface area contributed by atoms with E-state index < -0.39 is 0 Å². The van der Waals surface area contributed by atoms with Crippen LogP contribution in [0.2, 0.25) is 10.0 Å². The molecule has 4 rings (SSSR count). The van der Waals surface area contributed by atoms with E-state index in [0.717, 1.165) is 61.6 Å². The third kappa shape index (κ3) is 3.85. The van der Waals surface area contributed by atoms with E-state index in [-0.39, 0.29) is 0 Å². The van der Waals surface area contributed by atoms with Gasteiger partial charge in [0, 0.05) is 12.1 Å². The first-order valence-corrected chi connectivity index (χ1v) is 10.3. The Balaban J connectivity index is 1.67. The van der Waals surface area contributed by atoms with Gasteiger partial charge in [-0.2, -0.15) is 5.10 Å². The smallest absolute Gasteiger partial charge is 0.133 e.